The Morgan fingerprint density at radius 3 is 2.63 bits per heavy atom. The van der Waals surface area contributed by atoms with Crippen LogP contribution in [-0.2, 0) is 11.3 Å². The van der Waals surface area contributed by atoms with E-state index in [2.05, 4.69) is 15.6 Å². The summed E-state index contributed by atoms with van der Waals surface area (Å²) in [6, 6.07) is 5.35. The number of esters is 1. The number of guanidine groups is 1. The van der Waals surface area contributed by atoms with Crippen molar-refractivity contribution in [2.45, 2.75) is 6.54 Å². The average molecular weight is 265 g/mol. The van der Waals surface area contributed by atoms with Crippen LogP contribution in [0.3, 0.4) is 0 Å². The SMILES string of the molecule is CN=C(NC)NCc1ccc(OC)c(C(=O)OC)c1. The van der Waals surface area contributed by atoms with Gasteiger partial charge in [0.25, 0.3) is 0 Å². The number of carbonyl (C=O) groups is 1. The minimum absolute atomic E-state index is 0.406. The van der Waals surface area contributed by atoms with Gasteiger partial charge in [0.2, 0.25) is 0 Å². The van der Waals surface area contributed by atoms with Gasteiger partial charge in [-0.25, -0.2) is 4.79 Å². The van der Waals surface area contributed by atoms with E-state index in [1.807, 2.05) is 6.07 Å². The second-order valence-electron chi connectivity index (χ2n) is 3.70. The van der Waals surface area contributed by atoms with Gasteiger partial charge in [0.1, 0.15) is 11.3 Å². The molecule has 19 heavy (non-hydrogen) atoms. The van der Waals surface area contributed by atoms with Gasteiger partial charge in [-0.3, -0.25) is 4.99 Å². The van der Waals surface area contributed by atoms with E-state index >= 15 is 0 Å². The molecule has 0 aliphatic carbocycles. The first kappa shape index (κ1) is 14.8. The van der Waals surface area contributed by atoms with E-state index in [0.717, 1.165) is 5.56 Å². The maximum absolute atomic E-state index is 11.6. The zero-order valence-corrected chi connectivity index (χ0v) is 11.6. The van der Waals surface area contributed by atoms with E-state index in [-0.39, 0.29) is 0 Å². The summed E-state index contributed by atoms with van der Waals surface area (Å²) >= 11 is 0. The van der Waals surface area contributed by atoms with Crippen molar-refractivity contribution in [2.75, 3.05) is 28.3 Å². The van der Waals surface area contributed by atoms with Crippen LogP contribution in [0.4, 0.5) is 0 Å². The van der Waals surface area contributed by atoms with Gasteiger partial charge in [-0.2, -0.15) is 0 Å². The molecule has 1 rings (SSSR count). The van der Waals surface area contributed by atoms with E-state index in [0.29, 0.717) is 23.8 Å². The number of nitrogens with one attached hydrogen (secondary N) is 2. The maximum Gasteiger partial charge on any atom is 0.341 e. The lowest BCUT2D eigenvalue weighted by Gasteiger charge is -2.11. The molecule has 1 aromatic rings. The van der Waals surface area contributed by atoms with Crippen LogP contribution < -0.4 is 15.4 Å². The number of methoxy groups -OCH3 is 2. The molecule has 104 valence electrons. The lowest BCUT2D eigenvalue weighted by molar-refractivity contribution is 0.0597. The number of hydrogen-bond acceptors (Lipinski definition) is 4. The first-order valence-corrected chi connectivity index (χ1v) is 5.79. The van der Waals surface area contributed by atoms with E-state index in [4.69, 9.17) is 9.47 Å². The smallest absolute Gasteiger partial charge is 0.341 e. The van der Waals surface area contributed by atoms with Crippen LogP contribution in [0.25, 0.3) is 0 Å². The summed E-state index contributed by atoms with van der Waals surface area (Å²) in [5.74, 6) is 0.751. The minimum Gasteiger partial charge on any atom is -0.496 e. The lowest BCUT2D eigenvalue weighted by Crippen LogP contribution is -2.34. The van der Waals surface area contributed by atoms with Gasteiger partial charge >= 0.3 is 5.97 Å². The molecular formula is C13H19N3O3. The van der Waals surface area contributed by atoms with E-state index < -0.39 is 5.97 Å². The van der Waals surface area contributed by atoms with Crippen molar-refractivity contribution in [3.8, 4) is 5.75 Å². The number of nitrogens with zero attached hydrogens (tertiary/aromatic N) is 1. The predicted octanol–water partition coefficient (Wildman–Crippen LogP) is 0.777. The molecule has 6 heteroatoms. The third-order valence-electron chi connectivity index (χ3n) is 2.59. The number of rotatable bonds is 4. The van der Waals surface area contributed by atoms with Gasteiger partial charge in [0, 0.05) is 20.6 Å². The zero-order chi connectivity index (χ0) is 14.3. The highest BCUT2D eigenvalue weighted by molar-refractivity contribution is 5.92. The third kappa shape index (κ3) is 3.87. The normalized spacial score (nSPS) is 10.8. The van der Waals surface area contributed by atoms with Crippen molar-refractivity contribution in [3.05, 3.63) is 29.3 Å². The Balaban J connectivity index is 2.89. The molecule has 0 bridgehead atoms. The Morgan fingerprint density at radius 2 is 2.11 bits per heavy atom. The number of carbonyl (C=O) groups excluding carboxylic acids is 1. The zero-order valence-electron chi connectivity index (χ0n) is 11.6. The maximum atomic E-state index is 11.6. The van der Waals surface area contributed by atoms with E-state index in [9.17, 15) is 4.79 Å². The largest absolute Gasteiger partial charge is 0.496 e. The topological polar surface area (TPSA) is 72.0 Å². The molecule has 0 spiro atoms. The molecule has 1 aromatic carbocycles. The number of ether oxygens (including phenoxy) is 2. The third-order valence-corrected chi connectivity index (χ3v) is 2.59. The molecule has 0 atom stereocenters. The van der Waals surface area contributed by atoms with Gasteiger partial charge in [0.05, 0.1) is 14.2 Å². The molecule has 0 saturated carbocycles. The Morgan fingerprint density at radius 1 is 1.37 bits per heavy atom. The van der Waals surface area contributed by atoms with Gasteiger partial charge < -0.3 is 20.1 Å². The van der Waals surface area contributed by atoms with Crippen LogP contribution in [0.2, 0.25) is 0 Å². The Kier molecular flexibility index (Phi) is 5.66. The van der Waals surface area contributed by atoms with Crippen molar-refractivity contribution < 1.29 is 14.3 Å². The van der Waals surface area contributed by atoms with Gasteiger partial charge in [-0.15, -0.1) is 0 Å². The summed E-state index contributed by atoms with van der Waals surface area (Å²) in [5, 5.41) is 6.02. The molecule has 0 fully saturated rings. The van der Waals surface area contributed by atoms with Crippen molar-refractivity contribution in [1.82, 2.24) is 10.6 Å². The molecule has 0 radical (unpaired) electrons. The fraction of sp³-hybridized carbons (Fsp3) is 0.385. The monoisotopic (exact) mass is 265 g/mol. The molecule has 0 amide bonds. The minimum atomic E-state index is -0.420. The molecule has 6 nitrogen and oxygen atoms in total. The highest BCUT2D eigenvalue weighted by Crippen LogP contribution is 2.20. The molecule has 0 unspecified atom stereocenters. The van der Waals surface area contributed by atoms with Crippen LogP contribution in [-0.4, -0.2) is 40.2 Å². The second-order valence-corrected chi connectivity index (χ2v) is 3.70. The quantitative estimate of drug-likeness (QED) is 0.478. The van der Waals surface area contributed by atoms with Crippen LogP contribution in [0.1, 0.15) is 15.9 Å². The van der Waals surface area contributed by atoms with Gasteiger partial charge in [0.15, 0.2) is 5.96 Å². The summed E-state index contributed by atoms with van der Waals surface area (Å²) < 4.78 is 9.86. The average Bonchev–Trinajstić information content (AvgIpc) is 2.47. The highest BCUT2D eigenvalue weighted by Gasteiger charge is 2.13. The molecule has 0 saturated heterocycles. The van der Waals surface area contributed by atoms with Crippen LogP contribution in [0, 0.1) is 0 Å². The summed E-state index contributed by atoms with van der Waals surface area (Å²) in [6.45, 7) is 0.543. The molecule has 0 aliphatic heterocycles. The second kappa shape index (κ2) is 7.25. The highest BCUT2D eigenvalue weighted by atomic mass is 16.5. The summed E-state index contributed by atoms with van der Waals surface area (Å²) in [6.07, 6.45) is 0. The van der Waals surface area contributed by atoms with Crippen LogP contribution in [0.15, 0.2) is 23.2 Å². The summed E-state index contributed by atoms with van der Waals surface area (Å²) in [5.41, 5.74) is 1.33. The summed E-state index contributed by atoms with van der Waals surface area (Å²) in [7, 11) is 6.33. The number of benzene rings is 1. The molecule has 0 aromatic heterocycles. The summed E-state index contributed by atoms with van der Waals surface area (Å²) in [4.78, 5) is 15.6. The molecular weight excluding hydrogens is 246 g/mol. The first-order chi connectivity index (χ1) is 9.15. The Labute approximate surface area is 112 Å². The predicted molar refractivity (Wildman–Crippen MR) is 73.6 cm³/mol. The van der Waals surface area contributed by atoms with Crippen molar-refractivity contribution in [2.24, 2.45) is 4.99 Å². The Hall–Kier alpha value is -2.24. The van der Waals surface area contributed by atoms with Crippen LogP contribution in [0.5, 0.6) is 5.75 Å². The fourth-order valence-electron chi connectivity index (χ4n) is 1.60. The molecule has 0 aliphatic rings. The standard InChI is InChI=1S/C13H19N3O3/c1-14-13(15-2)16-8-9-5-6-11(18-3)10(7-9)12(17)19-4/h5-7H,8H2,1-4H3,(H2,14,15,16). The Bertz CT molecular complexity index is 472. The first-order valence-electron chi connectivity index (χ1n) is 5.79. The number of aliphatic imine (C=N–C) groups is 1. The van der Waals surface area contributed by atoms with Gasteiger partial charge in [-0.1, -0.05) is 6.07 Å². The fourth-order valence-corrected chi connectivity index (χ4v) is 1.60. The van der Waals surface area contributed by atoms with Crippen molar-refractivity contribution in [3.63, 3.8) is 0 Å². The van der Waals surface area contributed by atoms with Crippen LogP contribution >= 0.6 is 0 Å². The van der Waals surface area contributed by atoms with Crippen molar-refractivity contribution >= 4 is 11.9 Å². The van der Waals surface area contributed by atoms with Crippen molar-refractivity contribution in [1.29, 1.82) is 0 Å². The number of hydrogen-bond donors (Lipinski definition) is 2. The van der Waals surface area contributed by atoms with E-state index in [1.54, 1.807) is 26.2 Å². The molecule has 2 N–H and O–H groups in total. The lowest BCUT2D eigenvalue weighted by atomic mass is 10.1. The van der Waals surface area contributed by atoms with Gasteiger partial charge in [-0.05, 0) is 17.7 Å². The van der Waals surface area contributed by atoms with E-state index in [1.165, 1.54) is 14.2 Å². The molecule has 0 heterocycles.